The Morgan fingerprint density at radius 3 is 2.89 bits per heavy atom. The van der Waals surface area contributed by atoms with Crippen LogP contribution in [0.15, 0.2) is 24.5 Å². The highest BCUT2D eigenvalue weighted by atomic mass is 32.1. The molecule has 0 saturated heterocycles. The van der Waals surface area contributed by atoms with Crippen LogP contribution < -0.4 is 4.90 Å². The summed E-state index contributed by atoms with van der Waals surface area (Å²) in [6.45, 7) is 1.79. The molecule has 0 spiro atoms. The molecule has 0 saturated carbocycles. The average molecular weight is 263 g/mol. The minimum absolute atomic E-state index is 0.351. The number of hydrogen-bond donors (Lipinski definition) is 0. The van der Waals surface area contributed by atoms with Gasteiger partial charge in [0.15, 0.2) is 5.13 Å². The Bertz CT molecular complexity index is 554. The van der Waals surface area contributed by atoms with E-state index in [0.29, 0.717) is 10.6 Å². The summed E-state index contributed by atoms with van der Waals surface area (Å²) in [5, 5.41) is 0.737. The fourth-order valence-electron chi connectivity index (χ4n) is 1.47. The van der Waals surface area contributed by atoms with E-state index < -0.39 is 0 Å². The van der Waals surface area contributed by atoms with Gasteiger partial charge in [-0.25, -0.2) is 9.78 Å². The Balaban J connectivity index is 2.32. The number of carbonyl (C=O) groups excluding carboxylic acids is 1. The Morgan fingerprint density at radius 1 is 1.50 bits per heavy atom. The number of hydrogen-bond acceptors (Lipinski definition) is 6. The van der Waals surface area contributed by atoms with Gasteiger partial charge in [-0.05, 0) is 19.1 Å². The Labute approximate surface area is 109 Å². The van der Waals surface area contributed by atoms with Gasteiger partial charge >= 0.3 is 5.97 Å². The lowest BCUT2D eigenvalue weighted by Gasteiger charge is -2.14. The van der Waals surface area contributed by atoms with E-state index in [0.717, 1.165) is 10.8 Å². The first kappa shape index (κ1) is 12.5. The normalized spacial score (nSPS) is 10.2. The molecule has 0 amide bonds. The molecular weight excluding hydrogens is 250 g/mol. The van der Waals surface area contributed by atoms with Crippen LogP contribution in [0.5, 0.6) is 0 Å². The summed E-state index contributed by atoms with van der Waals surface area (Å²) in [6.07, 6.45) is 3.46. The molecule has 2 heterocycles. The summed E-state index contributed by atoms with van der Waals surface area (Å²) in [6, 6.07) is 3.79. The number of aromatic nitrogens is 2. The third-order valence-corrected chi connectivity index (χ3v) is 3.69. The summed E-state index contributed by atoms with van der Waals surface area (Å²) in [4.78, 5) is 22.4. The van der Waals surface area contributed by atoms with Crippen molar-refractivity contribution in [2.75, 3.05) is 19.1 Å². The second-order valence-electron chi connectivity index (χ2n) is 3.67. The van der Waals surface area contributed by atoms with Crippen LogP contribution in [0.4, 0.5) is 10.8 Å². The number of thiazole rings is 1. The van der Waals surface area contributed by atoms with Crippen molar-refractivity contribution in [2.24, 2.45) is 0 Å². The van der Waals surface area contributed by atoms with Gasteiger partial charge in [-0.3, -0.25) is 4.98 Å². The molecule has 0 fully saturated rings. The number of aryl methyl sites for hydroxylation is 1. The second-order valence-corrected chi connectivity index (χ2v) is 4.65. The van der Waals surface area contributed by atoms with Crippen LogP contribution in [0.3, 0.4) is 0 Å². The number of pyridine rings is 1. The van der Waals surface area contributed by atoms with E-state index in [9.17, 15) is 4.79 Å². The van der Waals surface area contributed by atoms with Gasteiger partial charge < -0.3 is 9.64 Å². The first-order valence-electron chi connectivity index (χ1n) is 5.33. The highest BCUT2D eigenvalue weighted by Gasteiger charge is 2.18. The lowest BCUT2D eigenvalue weighted by Crippen LogP contribution is -2.08. The fourth-order valence-corrected chi connectivity index (χ4v) is 2.44. The number of rotatable bonds is 3. The van der Waals surface area contributed by atoms with Crippen molar-refractivity contribution in [1.29, 1.82) is 0 Å². The van der Waals surface area contributed by atoms with Crippen molar-refractivity contribution in [1.82, 2.24) is 9.97 Å². The van der Waals surface area contributed by atoms with Crippen molar-refractivity contribution in [3.63, 3.8) is 0 Å². The van der Waals surface area contributed by atoms with Crippen LogP contribution in [0.2, 0.25) is 0 Å². The van der Waals surface area contributed by atoms with Crippen LogP contribution in [0.25, 0.3) is 0 Å². The van der Waals surface area contributed by atoms with Gasteiger partial charge in [0.25, 0.3) is 0 Å². The molecule has 18 heavy (non-hydrogen) atoms. The Morgan fingerprint density at radius 2 is 2.28 bits per heavy atom. The maximum absolute atomic E-state index is 11.5. The Kier molecular flexibility index (Phi) is 3.57. The molecule has 0 bridgehead atoms. The number of anilines is 2. The Hall–Kier alpha value is -1.95. The van der Waals surface area contributed by atoms with Crippen LogP contribution >= 0.6 is 11.3 Å². The smallest absolute Gasteiger partial charge is 0.350 e. The predicted molar refractivity (Wildman–Crippen MR) is 70.5 cm³/mol. The van der Waals surface area contributed by atoms with Crippen molar-refractivity contribution in [3.8, 4) is 0 Å². The lowest BCUT2D eigenvalue weighted by atomic mass is 10.4. The van der Waals surface area contributed by atoms with E-state index in [1.54, 1.807) is 19.3 Å². The molecule has 6 heteroatoms. The summed E-state index contributed by atoms with van der Waals surface area (Å²) >= 11 is 1.31. The monoisotopic (exact) mass is 263 g/mol. The molecule has 0 radical (unpaired) electrons. The molecular formula is C12H13N3O2S. The summed E-state index contributed by atoms with van der Waals surface area (Å²) < 4.78 is 4.72. The molecule has 0 aliphatic carbocycles. The molecule has 2 rings (SSSR count). The SMILES string of the molecule is COC(=O)c1sc(N(C)c2cccnc2)nc1C. The number of ether oxygens (including phenoxy) is 1. The van der Waals surface area contributed by atoms with Gasteiger partial charge in [0, 0.05) is 13.2 Å². The number of esters is 1. The predicted octanol–water partition coefficient (Wildman–Crippen LogP) is 2.40. The molecule has 0 atom stereocenters. The summed E-state index contributed by atoms with van der Waals surface area (Å²) in [5.41, 5.74) is 1.60. The topological polar surface area (TPSA) is 55.3 Å². The van der Waals surface area contributed by atoms with Crippen molar-refractivity contribution in [3.05, 3.63) is 35.1 Å². The molecule has 0 N–H and O–H groups in total. The standard InChI is InChI=1S/C12H13N3O2S/c1-8-10(11(16)17-3)18-12(14-8)15(2)9-5-4-6-13-7-9/h4-7H,1-3H3. The number of nitrogens with zero attached hydrogens (tertiary/aromatic N) is 3. The highest BCUT2D eigenvalue weighted by molar-refractivity contribution is 7.17. The van der Waals surface area contributed by atoms with Gasteiger partial charge in [0.2, 0.25) is 0 Å². The van der Waals surface area contributed by atoms with Crippen molar-refractivity contribution < 1.29 is 9.53 Å². The minimum Gasteiger partial charge on any atom is -0.465 e. The van der Waals surface area contributed by atoms with Crippen LogP contribution in [-0.4, -0.2) is 30.1 Å². The minimum atomic E-state index is -0.351. The molecule has 2 aromatic rings. The number of carbonyl (C=O) groups is 1. The molecule has 0 aliphatic rings. The summed E-state index contributed by atoms with van der Waals surface area (Å²) in [5.74, 6) is -0.351. The molecule has 94 valence electrons. The van der Waals surface area contributed by atoms with Gasteiger partial charge in [0.1, 0.15) is 4.88 Å². The van der Waals surface area contributed by atoms with E-state index in [2.05, 4.69) is 9.97 Å². The van der Waals surface area contributed by atoms with Crippen LogP contribution in [0, 0.1) is 6.92 Å². The zero-order valence-corrected chi connectivity index (χ0v) is 11.2. The van der Waals surface area contributed by atoms with Crippen LogP contribution in [-0.2, 0) is 4.74 Å². The maximum atomic E-state index is 11.5. The zero-order valence-electron chi connectivity index (χ0n) is 10.4. The zero-order chi connectivity index (χ0) is 13.1. The van der Waals surface area contributed by atoms with Crippen molar-refractivity contribution >= 4 is 28.1 Å². The van der Waals surface area contributed by atoms with E-state index in [1.807, 2.05) is 24.1 Å². The molecule has 0 aromatic carbocycles. The fraction of sp³-hybridized carbons (Fsp3) is 0.250. The lowest BCUT2D eigenvalue weighted by molar-refractivity contribution is 0.0605. The third-order valence-electron chi connectivity index (χ3n) is 2.48. The van der Waals surface area contributed by atoms with Gasteiger partial charge in [-0.15, -0.1) is 0 Å². The quantitative estimate of drug-likeness (QED) is 0.796. The molecule has 5 nitrogen and oxygen atoms in total. The van der Waals surface area contributed by atoms with Gasteiger partial charge in [-0.2, -0.15) is 0 Å². The van der Waals surface area contributed by atoms with Crippen LogP contribution in [0.1, 0.15) is 15.4 Å². The summed E-state index contributed by atoms with van der Waals surface area (Å²) in [7, 11) is 3.25. The van der Waals surface area contributed by atoms with E-state index in [4.69, 9.17) is 4.74 Å². The third kappa shape index (κ3) is 2.33. The maximum Gasteiger partial charge on any atom is 0.350 e. The van der Waals surface area contributed by atoms with E-state index >= 15 is 0 Å². The molecule has 0 aliphatic heterocycles. The van der Waals surface area contributed by atoms with Gasteiger partial charge in [0.05, 0.1) is 24.7 Å². The first-order chi connectivity index (χ1) is 8.63. The average Bonchev–Trinajstić information content (AvgIpc) is 2.80. The highest BCUT2D eigenvalue weighted by Crippen LogP contribution is 2.30. The first-order valence-corrected chi connectivity index (χ1v) is 6.14. The van der Waals surface area contributed by atoms with E-state index in [-0.39, 0.29) is 5.97 Å². The van der Waals surface area contributed by atoms with E-state index in [1.165, 1.54) is 18.4 Å². The second kappa shape index (κ2) is 5.14. The number of methoxy groups -OCH3 is 1. The molecule has 0 unspecified atom stereocenters. The largest absolute Gasteiger partial charge is 0.465 e. The van der Waals surface area contributed by atoms with Gasteiger partial charge in [-0.1, -0.05) is 11.3 Å². The molecule has 2 aromatic heterocycles. The van der Waals surface area contributed by atoms with Crippen molar-refractivity contribution in [2.45, 2.75) is 6.92 Å².